The van der Waals surface area contributed by atoms with E-state index in [1.807, 2.05) is 0 Å². The Labute approximate surface area is 117 Å². The van der Waals surface area contributed by atoms with Crippen molar-refractivity contribution in [2.45, 2.75) is 51.7 Å². The maximum absolute atomic E-state index is 6.02. The Morgan fingerprint density at radius 2 is 2.00 bits per heavy atom. The van der Waals surface area contributed by atoms with Crippen molar-refractivity contribution < 1.29 is 4.74 Å². The number of aliphatic imine (C=N–C) groups is 1. The van der Waals surface area contributed by atoms with E-state index in [0.29, 0.717) is 6.04 Å². The number of hydrogen-bond donors (Lipinski definition) is 0. The zero-order valence-corrected chi connectivity index (χ0v) is 12.7. The number of nitrogens with zero attached hydrogens (tertiary/aromatic N) is 3. The van der Waals surface area contributed by atoms with Crippen LogP contribution in [0.15, 0.2) is 16.8 Å². The minimum atomic E-state index is 0.173. The van der Waals surface area contributed by atoms with E-state index in [0.717, 1.165) is 44.1 Å². The normalized spacial score (nSPS) is 25.7. The first kappa shape index (κ1) is 14.4. The van der Waals surface area contributed by atoms with Gasteiger partial charge in [0, 0.05) is 26.1 Å². The van der Waals surface area contributed by atoms with Gasteiger partial charge in [0.05, 0.1) is 5.70 Å². The van der Waals surface area contributed by atoms with Crippen LogP contribution in [-0.4, -0.2) is 55.2 Å². The minimum absolute atomic E-state index is 0.173. The molecular weight excluding hydrogens is 238 g/mol. The summed E-state index contributed by atoms with van der Waals surface area (Å²) in [4.78, 5) is 9.20. The Balaban J connectivity index is 1.94. The quantitative estimate of drug-likeness (QED) is 0.764. The molecule has 2 atom stereocenters. The number of ether oxygens (including phenoxy) is 1. The van der Waals surface area contributed by atoms with Crippen LogP contribution in [0, 0.1) is 0 Å². The fourth-order valence-electron chi connectivity index (χ4n) is 2.84. The molecule has 0 fully saturated rings. The van der Waals surface area contributed by atoms with Gasteiger partial charge < -0.3 is 14.5 Å². The average molecular weight is 265 g/mol. The Morgan fingerprint density at radius 1 is 1.26 bits per heavy atom. The van der Waals surface area contributed by atoms with E-state index in [9.17, 15) is 0 Å². The molecule has 0 saturated carbocycles. The largest absolute Gasteiger partial charge is 0.455 e. The second-order valence-electron chi connectivity index (χ2n) is 5.66. The molecule has 19 heavy (non-hydrogen) atoms. The highest BCUT2D eigenvalue weighted by atomic mass is 16.5. The van der Waals surface area contributed by atoms with E-state index in [-0.39, 0.29) is 6.10 Å². The van der Waals surface area contributed by atoms with Crippen LogP contribution in [0.3, 0.4) is 0 Å². The zero-order chi connectivity index (χ0) is 13.8. The molecule has 2 rings (SSSR count). The predicted molar refractivity (Wildman–Crippen MR) is 79.3 cm³/mol. The summed E-state index contributed by atoms with van der Waals surface area (Å²) in [7, 11) is 4.27. The Hall–Kier alpha value is -1.03. The van der Waals surface area contributed by atoms with Crippen molar-refractivity contribution in [1.82, 2.24) is 9.80 Å². The van der Waals surface area contributed by atoms with Crippen molar-refractivity contribution in [1.29, 1.82) is 0 Å². The van der Waals surface area contributed by atoms with Crippen molar-refractivity contribution in [2.75, 3.05) is 27.2 Å². The third-order valence-electron chi connectivity index (χ3n) is 3.97. The highest BCUT2D eigenvalue weighted by Crippen LogP contribution is 2.30. The van der Waals surface area contributed by atoms with Crippen LogP contribution < -0.4 is 0 Å². The van der Waals surface area contributed by atoms with Crippen LogP contribution in [0.1, 0.15) is 39.5 Å². The summed E-state index contributed by atoms with van der Waals surface area (Å²) in [5.41, 5.74) is 1.14. The topological polar surface area (TPSA) is 28.1 Å². The molecule has 0 spiro atoms. The monoisotopic (exact) mass is 265 g/mol. The van der Waals surface area contributed by atoms with E-state index in [4.69, 9.17) is 4.74 Å². The molecule has 0 aromatic heterocycles. The van der Waals surface area contributed by atoms with Crippen molar-refractivity contribution >= 4 is 6.02 Å². The summed E-state index contributed by atoms with van der Waals surface area (Å²) >= 11 is 0. The van der Waals surface area contributed by atoms with E-state index in [2.05, 4.69) is 48.8 Å². The number of hydrogen-bond acceptors (Lipinski definition) is 4. The molecule has 0 amide bonds. The number of rotatable bonds is 5. The zero-order valence-electron chi connectivity index (χ0n) is 12.7. The molecule has 0 saturated heterocycles. The van der Waals surface area contributed by atoms with Gasteiger partial charge >= 0.3 is 0 Å². The van der Waals surface area contributed by atoms with E-state index >= 15 is 0 Å². The van der Waals surface area contributed by atoms with Gasteiger partial charge in [-0.25, -0.2) is 0 Å². The first-order valence-corrected chi connectivity index (χ1v) is 7.52. The van der Waals surface area contributed by atoms with Gasteiger partial charge in [0.25, 0.3) is 6.02 Å². The summed E-state index contributed by atoms with van der Waals surface area (Å²) in [6.45, 7) is 6.56. The van der Waals surface area contributed by atoms with Gasteiger partial charge in [-0.2, -0.15) is 4.99 Å². The first-order valence-electron chi connectivity index (χ1n) is 7.52. The van der Waals surface area contributed by atoms with Crippen molar-refractivity contribution in [3.8, 4) is 0 Å². The van der Waals surface area contributed by atoms with Crippen LogP contribution in [0.2, 0.25) is 0 Å². The van der Waals surface area contributed by atoms with Crippen LogP contribution in [0.4, 0.5) is 0 Å². The third-order valence-corrected chi connectivity index (χ3v) is 3.97. The summed E-state index contributed by atoms with van der Waals surface area (Å²) in [5.74, 6) is 0. The molecule has 1 aliphatic carbocycles. The summed E-state index contributed by atoms with van der Waals surface area (Å²) in [6.07, 6.45) is 6.92. The molecule has 0 aromatic carbocycles. The second-order valence-corrected chi connectivity index (χ2v) is 5.66. The highest BCUT2D eigenvalue weighted by Gasteiger charge is 2.33. The number of amidine groups is 1. The van der Waals surface area contributed by atoms with Gasteiger partial charge in [0.1, 0.15) is 6.10 Å². The van der Waals surface area contributed by atoms with Crippen LogP contribution >= 0.6 is 0 Å². The Morgan fingerprint density at radius 3 is 2.68 bits per heavy atom. The molecule has 2 unspecified atom stereocenters. The van der Waals surface area contributed by atoms with Crippen molar-refractivity contribution in [3.05, 3.63) is 11.8 Å². The maximum atomic E-state index is 6.02. The molecule has 4 heteroatoms. The van der Waals surface area contributed by atoms with E-state index < -0.39 is 0 Å². The van der Waals surface area contributed by atoms with Crippen LogP contribution in [0.5, 0.6) is 0 Å². The molecule has 1 aliphatic heterocycles. The van der Waals surface area contributed by atoms with Gasteiger partial charge in [0.2, 0.25) is 0 Å². The molecule has 1 heterocycles. The molecule has 0 radical (unpaired) electrons. The fourth-order valence-corrected chi connectivity index (χ4v) is 2.84. The summed E-state index contributed by atoms with van der Waals surface area (Å²) in [6, 6.07) is 1.40. The molecule has 108 valence electrons. The third kappa shape index (κ3) is 3.30. The van der Waals surface area contributed by atoms with Gasteiger partial charge in [-0.15, -0.1) is 0 Å². The van der Waals surface area contributed by atoms with E-state index in [1.54, 1.807) is 0 Å². The lowest BCUT2D eigenvalue weighted by atomic mass is 9.96. The summed E-state index contributed by atoms with van der Waals surface area (Å²) in [5, 5.41) is 0. The molecule has 0 bridgehead atoms. The lowest BCUT2D eigenvalue weighted by molar-refractivity contribution is 0.133. The lowest BCUT2D eigenvalue weighted by Gasteiger charge is -2.32. The second kappa shape index (κ2) is 6.42. The smallest absolute Gasteiger partial charge is 0.292 e. The van der Waals surface area contributed by atoms with Gasteiger partial charge in [0.15, 0.2) is 0 Å². The van der Waals surface area contributed by atoms with Crippen molar-refractivity contribution in [2.24, 2.45) is 4.99 Å². The molecule has 2 aliphatic rings. The predicted octanol–water partition coefficient (Wildman–Crippen LogP) is 2.47. The first-order chi connectivity index (χ1) is 9.15. The molecule has 0 N–H and O–H groups in total. The lowest BCUT2D eigenvalue weighted by Crippen LogP contribution is -2.38. The average Bonchev–Trinajstić information content (AvgIpc) is 2.82. The minimum Gasteiger partial charge on any atom is -0.455 e. The van der Waals surface area contributed by atoms with Gasteiger partial charge in [-0.05, 0) is 32.9 Å². The highest BCUT2D eigenvalue weighted by molar-refractivity contribution is 5.77. The fraction of sp³-hybridized carbons (Fsp3) is 0.800. The maximum Gasteiger partial charge on any atom is 0.292 e. The van der Waals surface area contributed by atoms with Gasteiger partial charge in [-0.1, -0.05) is 19.9 Å². The molecule has 0 aromatic rings. The Kier molecular flexibility index (Phi) is 4.86. The van der Waals surface area contributed by atoms with Crippen LogP contribution in [0.25, 0.3) is 0 Å². The van der Waals surface area contributed by atoms with E-state index in [1.165, 1.54) is 6.42 Å². The Bertz CT molecular complexity index is 364. The molecular formula is C15H27N3O. The number of fused-ring (bicyclic) bond motifs is 1. The van der Waals surface area contributed by atoms with Crippen molar-refractivity contribution in [3.63, 3.8) is 0 Å². The van der Waals surface area contributed by atoms with Crippen LogP contribution in [-0.2, 0) is 4.74 Å². The molecule has 4 nitrogen and oxygen atoms in total. The SMILES string of the molecule is CCCN(C)C1=NC2=CCC(N(C)CCC)CC2O1. The standard InChI is InChI=1S/C15H27N3O/c1-5-9-17(3)12-7-8-13-14(11-12)19-15(16-13)18(4)10-6-2/h8,12,14H,5-7,9-11H2,1-4H3. The summed E-state index contributed by atoms with van der Waals surface area (Å²) < 4.78 is 6.02. The van der Waals surface area contributed by atoms with Gasteiger partial charge in [-0.3, -0.25) is 0 Å².